The van der Waals surface area contributed by atoms with E-state index in [0.717, 1.165) is 0 Å². The summed E-state index contributed by atoms with van der Waals surface area (Å²) in [5.41, 5.74) is 0.200. The highest BCUT2D eigenvalue weighted by atomic mass is 19.4. The summed E-state index contributed by atoms with van der Waals surface area (Å²) in [6.45, 7) is 2.19. The number of ether oxygens (including phenoxy) is 1. The summed E-state index contributed by atoms with van der Waals surface area (Å²) < 4.78 is 61.3. The van der Waals surface area contributed by atoms with Crippen molar-refractivity contribution in [1.82, 2.24) is 19.8 Å². The Kier molecular flexibility index (Phi) is 6.36. The smallest absolute Gasteiger partial charge is 0.381 e. The standard InChI is InChI=1S/C24H27F4N5O2/c1-32-9-7-19(17(25)11-32)30-21-6-2-5-20-14(10-24(26,27)28)18(31-33(20)21)4-3-8-29-23(34)22-15-12-35-13-16(15)22/h2,5-6,15-17,19,22,30H,7-13H2,1H3,(H,29,34)/t15?,16?,17-,19+,22?/m0/s1. The molecule has 2 N–H and O–H groups in total. The molecule has 2 aromatic rings. The van der Waals surface area contributed by atoms with Crippen LogP contribution in [-0.2, 0) is 16.0 Å². The molecule has 1 amide bonds. The molecule has 4 heterocycles. The fourth-order valence-electron chi connectivity index (χ4n) is 5.12. The van der Waals surface area contributed by atoms with E-state index in [2.05, 4.69) is 27.6 Å². The third kappa shape index (κ3) is 5.09. The maximum Gasteiger partial charge on any atom is 0.393 e. The molecule has 2 aromatic heterocycles. The lowest BCUT2D eigenvalue weighted by atomic mass is 10.0. The van der Waals surface area contributed by atoms with E-state index in [1.165, 1.54) is 4.52 Å². The largest absolute Gasteiger partial charge is 0.393 e. The molecule has 5 rings (SSSR count). The third-order valence-electron chi connectivity index (χ3n) is 7.03. The molecule has 1 saturated carbocycles. The minimum Gasteiger partial charge on any atom is -0.381 e. The molecule has 7 nitrogen and oxygen atoms in total. The Labute approximate surface area is 200 Å². The number of nitrogens with one attached hydrogen (secondary N) is 2. The number of carbonyl (C=O) groups excluding carboxylic acids is 1. The molecule has 2 saturated heterocycles. The summed E-state index contributed by atoms with van der Waals surface area (Å²) in [6, 6.07) is 4.36. The molecule has 35 heavy (non-hydrogen) atoms. The van der Waals surface area contributed by atoms with E-state index in [1.54, 1.807) is 18.2 Å². The van der Waals surface area contributed by atoms with Gasteiger partial charge in [0.15, 0.2) is 0 Å². The lowest BCUT2D eigenvalue weighted by Gasteiger charge is -2.33. The fraction of sp³-hybridized carbons (Fsp3) is 0.583. The summed E-state index contributed by atoms with van der Waals surface area (Å²) in [6.07, 6.45) is -6.20. The third-order valence-corrected chi connectivity index (χ3v) is 7.03. The number of piperidine rings is 1. The number of pyridine rings is 1. The van der Waals surface area contributed by atoms with E-state index in [1.807, 2.05) is 11.9 Å². The van der Waals surface area contributed by atoms with Crippen LogP contribution in [0.25, 0.3) is 5.52 Å². The van der Waals surface area contributed by atoms with Crippen molar-refractivity contribution in [3.8, 4) is 11.8 Å². The lowest BCUT2D eigenvalue weighted by Crippen LogP contribution is -2.46. The van der Waals surface area contributed by atoms with Crippen LogP contribution in [0.3, 0.4) is 0 Å². The van der Waals surface area contributed by atoms with Crippen molar-refractivity contribution in [2.45, 2.75) is 31.2 Å². The SMILES string of the molecule is CN1CC[C@@H](Nc2cccc3c(CC(F)(F)F)c(C#CCNC(=O)C4C5COCC54)nn23)[C@@H](F)C1. The Morgan fingerprint density at radius 3 is 2.77 bits per heavy atom. The van der Waals surface area contributed by atoms with Crippen molar-refractivity contribution in [1.29, 1.82) is 0 Å². The first-order valence-electron chi connectivity index (χ1n) is 11.7. The summed E-state index contributed by atoms with van der Waals surface area (Å²) >= 11 is 0. The highest BCUT2D eigenvalue weighted by Gasteiger charge is 2.57. The van der Waals surface area contributed by atoms with Gasteiger partial charge in [0.2, 0.25) is 5.91 Å². The van der Waals surface area contributed by atoms with Crippen molar-refractivity contribution in [2.24, 2.45) is 17.8 Å². The van der Waals surface area contributed by atoms with Crippen LogP contribution >= 0.6 is 0 Å². The predicted molar refractivity (Wildman–Crippen MR) is 121 cm³/mol. The number of likely N-dealkylation sites (tertiary alicyclic amines) is 1. The number of hydrogen-bond donors (Lipinski definition) is 2. The van der Waals surface area contributed by atoms with E-state index in [0.29, 0.717) is 32.0 Å². The zero-order valence-electron chi connectivity index (χ0n) is 19.2. The summed E-state index contributed by atoms with van der Waals surface area (Å²) in [5.74, 6) is 6.22. The lowest BCUT2D eigenvalue weighted by molar-refractivity contribution is -0.127. The molecule has 3 fully saturated rings. The average Bonchev–Trinajstić information content (AvgIpc) is 3.10. The van der Waals surface area contributed by atoms with Gasteiger partial charge in [0.05, 0.1) is 37.7 Å². The van der Waals surface area contributed by atoms with Crippen molar-refractivity contribution in [2.75, 3.05) is 45.2 Å². The fourth-order valence-corrected chi connectivity index (χ4v) is 5.12. The van der Waals surface area contributed by atoms with Gasteiger partial charge in [0, 0.05) is 24.6 Å². The Bertz CT molecular complexity index is 1160. The van der Waals surface area contributed by atoms with Gasteiger partial charge in [-0.25, -0.2) is 8.91 Å². The van der Waals surface area contributed by atoms with Crippen molar-refractivity contribution < 1.29 is 27.1 Å². The van der Waals surface area contributed by atoms with E-state index in [4.69, 9.17) is 4.74 Å². The predicted octanol–water partition coefficient (Wildman–Crippen LogP) is 2.25. The first-order chi connectivity index (χ1) is 16.7. The van der Waals surface area contributed by atoms with Crippen LogP contribution in [0.1, 0.15) is 17.7 Å². The molecule has 2 unspecified atom stereocenters. The molecule has 0 aromatic carbocycles. The first-order valence-corrected chi connectivity index (χ1v) is 11.7. The van der Waals surface area contributed by atoms with Gasteiger partial charge in [0.1, 0.15) is 17.7 Å². The molecule has 1 aliphatic carbocycles. The maximum atomic E-state index is 14.6. The van der Waals surface area contributed by atoms with E-state index >= 15 is 0 Å². The topological polar surface area (TPSA) is 70.9 Å². The molecule has 188 valence electrons. The van der Waals surface area contributed by atoms with Crippen LogP contribution in [0.4, 0.5) is 23.4 Å². The Morgan fingerprint density at radius 2 is 2.06 bits per heavy atom. The number of carbonyl (C=O) groups is 1. The van der Waals surface area contributed by atoms with Crippen molar-refractivity contribution >= 4 is 17.2 Å². The summed E-state index contributed by atoms with van der Waals surface area (Å²) in [5, 5.41) is 10.2. The molecule has 0 bridgehead atoms. The summed E-state index contributed by atoms with van der Waals surface area (Å²) in [7, 11) is 1.85. The van der Waals surface area contributed by atoms with Gasteiger partial charge in [-0.2, -0.15) is 18.3 Å². The van der Waals surface area contributed by atoms with Crippen LogP contribution in [0.15, 0.2) is 18.2 Å². The van der Waals surface area contributed by atoms with Crippen LogP contribution < -0.4 is 10.6 Å². The van der Waals surface area contributed by atoms with Gasteiger partial charge in [-0.15, -0.1) is 0 Å². The Balaban J connectivity index is 1.35. The zero-order valence-corrected chi connectivity index (χ0v) is 19.2. The van der Waals surface area contributed by atoms with Crippen molar-refractivity contribution in [3.63, 3.8) is 0 Å². The second kappa shape index (κ2) is 9.32. The second-order valence-electron chi connectivity index (χ2n) is 9.56. The van der Waals surface area contributed by atoms with Gasteiger partial charge in [-0.3, -0.25) is 4.79 Å². The van der Waals surface area contributed by atoms with E-state index < -0.39 is 24.8 Å². The number of hydrogen-bond acceptors (Lipinski definition) is 5. The van der Waals surface area contributed by atoms with Gasteiger partial charge in [-0.05, 0) is 43.4 Å². The minimum atomic E-state index is -4.46. The number of nitrogens with zero attached hydrogens (tertiary/aromatic N) is 3. The van der Waals surface area contributed by atoms with E-state index in [9.17, 15) is 22.4 Å². The number of halogens is 4. The molecule has 0 spiro atoms. The number of amides is 1. The van der Waals surface area contributed by atoms with Gasteiger partial charge < -0.3 is 20.3 Å². The van der Waals surface area contributed by atoms with Crippen molar-refractivity contribution in [3.05, 3.63) is 29.5 Å². The number of fused-ring (bicyclic) bond motifs is 2. The first kappa shape index (κ1) is 23.9. The maximum absolute atomic E-state index is 14.6. The molecule has 11 heteroatoms. The highest BCUT2D eigenvalue weighted by molar-refractivity contribution is 5.82. The average molecular weight is 494 g/mol. The Hall–Kier alpha value is -2.84. The quantitative estimate of drug-likeness (QED) is 0.494. The van der Waals surface area contributed by atoms with Crippen LogP contribution in [0, 0.1) is 29.6 Å². The number of aromatic nitrogens is 2. The highest BCUT2D eigenvalue weighted by Crippen LogP contribution is 2.50. The monoisotopic (exact) mass is 493 g/mol. The molecule has 4 atom stereocenters. The molecule has 3 aliphatic rings. The minimum absolute atomic E-state index is 0.0114. The number of rotatable bonds is 5. The van der Waals surface area contributed by atoms with Gasteiger partial charge in [0.25, 0.3) is 0 Å². The molecule has 0 radical (unpaired) electrons. The zero-order chi connectivity index (χ0) is 24.7. The second-order valence-corrected chi connectivity index (χ2v) is 9.56. The van der Waals surface area contributed by atoms with Gasteiger partial charge >= 0.3 is 6.18 Å². The van der Waals surface area contributed by atoms with E-state index in [-0.39, 0.29) is 53.5 Å². The van der Waals surface area contributed by atoms with Gasteiger partial charge in [-0.1, -0.05) is 12.0 Å². The molecular weight excluding hydrogens is 466 g/mol. The normalized spacial score (nSPS) is 28.3. The number of alkyl halides is 4. The molecular formula is C24H27F4N5O2. The Morgan fingerprint density at radius 1 is 1.29 bits per heavy atom. The molecule has 2 aliphatic heterocycles. The van der Waals surface area contributed by atoms with Crippen LogP contribution in [0.2, 0.25) is 0 Å². The van der Waals surface area contributed by atoms with Crippen LogP contribution in [0.5, 0.6) is 0 Å². The summed E-state index contributed by atoms with van der Waals surface area (Å²) in [4.78, 5) is 14.2. The number of anilines is 1. The van der Waals surface area contributed by atoms with Crippen LogP contribution in [-0.4, -0.2) is 78.7 Å².